The van der Waals surface area contributed by atoms with Gasteiger partial charge < -0.3 is 14.8 Å². The first-order valence-corrected chi connectivity index (χ1v) is 9.80. The molecule has 2 N–H and O–H groups in total. The van der Waals surface area contributed by atoms with Gasteiger partial charge in [-0.1, -0.05) is 49.6 Å². The van der Waals surface area contributed by atoms with Crippen molar-refractivity contribution in [1.29, 1.82) is 0 Å². The van der Waals surface area contributed by atoms with Crippen LogP contribution in [0, 0.1) is 0 Å². The van der Waals surface area contributed by atoms with Crippen LogP contribution in [0.5, 0.6) is 11.5 Å². The van der Waals surface area contributed by atoms with E-state index in [0.29, 0.717) is 19.0 Å². The lowest BCUT2D eigenvalue weighted by Crippen LogP contribution is -2.41. The molecule has 1 aliphatic rings. The SMILES string of the molecule is O=C(N/N=C/c1ccccc1OCCOc1ccccc1)NC1CCCCC1. The molecule has 2 aromatic rings. The van der Waals surface area contributed by atoms with Crippen LogP contribution in [0.25, 0.3) is 0 Å². The second kappa shape index (κ2) is 11.0. The molecule has 0 bridgehead atoms. The van der Waals surface area contributed by atoms with Gasteiger partial charge in [-0.2, -0.15) is 5.10 Å². The maximum atomic E-state index is 11.9. The van der Waals surface area contributed by atoms with Crippen molar-refractivity contribution in [1.82, 2.24) is 10.7 Å². The number of rotatable bonds is 8. The first-order valence-electron chi connectivity index (χ1n) is 9.80. The molecule has 0 unspecified atom stereocenters. The van der Waals surface area contributed by atoms with Gasteiger partial charge in [0.1, 0.15) is 24.7 Å². The summed E-state index contributed by atoms with van der Waals surface area (Å²) in [6, 6.07) is 17.2. The molecule has 1 fully saturated rings. The highest BCUT2D eigenvalue weighted by molar-refractivity contribution is 5.84. The molecule has 1 saturated carbocycles. The summed E-state index contributed by atoms with van der Waals surface area (Å²) < 4.78 is 11.4. The molecule has 1 aliphatic carbocycles. The molecule has 0 heterocycles. The Bertz CT molecular complexity index is 759. The van der Waals surface area contributed by atoms with Gasteiger partial charge in [0.2, 0.25) is 0 Å². The summed E-state index contributed by atoms with van der Waals surface area (Å²) in [7, 11) is 0. The molecule has 3 rings (SSSR count). The van der Waals surface area contributed by atoms with E-state index in [0.717, 1.165) is 24.2 Å². The van der Waals surface area contributed by atoms with Crippen LogP contribution in [0.4, 0.5) is 4.79 Å². The summed E-state index contributed by atoms with van der Waals surface area (Å²) in [5.41, 5.74) is 3.33. The molecular formula is C22H27N3O3. The number of ether oxygens (including phenoxy) is 2. The van der Waals surface area contributed by atoms with Crippen LogP contribution >= 0.6 is 0 Å². The van der Waals surface area contributed by atoms with Crippen molar-refractivity contribution in [3.8, 4) is 11.5 Å². The molecule has 0 aliphatic heterocycles. The summed E-state index contributed by atoms with van der Waals surface area (Å²) in [5, 5.41) is 7.01. The Hall–Kier alpha value is -3.02. The molecule has 0 atom stereocenters. The topological polar surface area (TPSA) is 72.0 Å². The fourth-order valence-electron chi connectivity index (χ4n) is 3.17. The minimum atomic E-state index is -0.266. The van der Waals surface area contributed by atoms with Crippen LogP contribution in [0.3, 0.4) is 0 Å². The minimum Gasteiger partial charge on any atom is -0.490 e. The van der Waals surface area contributed by atoms with Crippen LogP contribution in [0.1, 0.15) is 37.7 Å². The Morgan fingerprint density at radius 2 is 1.68 bits per heavy atom. The molecule has 2 amide bonds. The number of hydrazone groups is 1. The zero-order valence-corrected chi connectivity index (χ0v) is 16.0. The maximum Gasteiger partial charge on any atom is 0.335 e. The van der Waals surface area contributed by atoms with Gasteiger partial charge in [0, 0.05) is 11.6 Å². The lowest BCUT2D eigenvalue weighted by molar-refractivity contribution is 0.217. The Morgan fingerprint density at radius 3 is 2.50 bits per heavy atom. The predicted octanol–water partition coefficient (Wildman–Crippen LogP) is 4.11. The van der Waals surface area contributed by atoms with Crippen molar-refractivity contribution in [3.05, 3.63) is 60.2 Å². The molecule has 2 aromatic carbocycles. The summed E-state index contributed by atoms with van der Waals surface area (Å²) >= 11 is 0. The number of urea groups is 1. The lowest BCUT2D eigenvalue weighted by Gasteiger charge is -2.22. The number of carbonyl (C=O) groups is 1. The number of hydrogen-bond acceptors (Lipinski definition) is 4. The highest BCUT2D eigenvalue weighted by Crippen LogP contribution is 2.17. The first-order chi connectivity index (χ1) is 13.8. The number of amides is 2. The molecule has 0 aromatic heterocycles. The number of benzene rings is 2. The van der Waals surface area contributed by atoms with Crippen LogP contribution in [-0.2, 0) is 0 Å². The molecule has 0 saturated heterocycles. The van der Waals surface area contributed by atoms with Crippen molar-refractivity contribution >= 4 is 12.2 Å². The maximum absolute atomic E-state index is 11.9. The third kappa shape index (κ3) is 6.61. The molecule has 6 nitrogen and oxygen atoms in total. The zero-order chi connectivity index (χ0) is 19.4. The molecular weight excluding hydrogens is 354 g/mol. The van der Waals surface area contributed by atoms with E-state index in [9.17, 15) is 4.79 Å². The van der Waals surface area contributed by atoms with E-state index >= 15 is 0 Å². The van der Waals surface area contributed by atoms with Gasteiger partial charge in [0.25, 0.3) is 0 Å². The number of carbonyl (C=O) groups excluding carboxylic acids is 1. The lowest BCUT2D eigenvalue weighted by atomic mass is 9.96. The van der Waals surface area contributed by atoms with Gasteiger partial charge in [0.15, 0.2) is 0 Å². The van der Waals surface area contributed by atoms with Crippen molar-refractivity contribution in [2.75, 3.05) is 13.2 Å². The van der Waals surface area contributed by atoms with Crippen LogP contribution in [-0.4, -0.2) is 31.5 Å². The third-order valence-electron chi connectivity index (χ3n) is 4.58. The molecule has 0 radical (unpaired) electrons. The fraction of sp³-hybridized carbons (Fsp3) is 0.364. The Kier molecular flexibility index (Phi) is 7.73. The van der Waals surface area contributed by atoms with E-state index in [1.165, 1.54) is 19.3 Å². The van der Waals surface area contributed by atoms with Gasteiger partial charge in [-0.3, -0.25) is 0 Å². The smallest absolute Gasteiger partial charge is 0.335 e. The van der Waals surface area contributed by atoms with Crippen molar-refractivity contribution in [3.63, 3.8) is 0 Å². The molecule has 6 heteroatoms. The number of nitrogens with one attached hydrogen (secondary N) is 2. The Morgan fingerprint density at radius 1 is 0.964 bits per heavy atom. The van der Waals surface area contributed by atoms with Gasteiger partial charge in [-0.05, 0) is 37.1 Å². The van der Waals surface area contributed by atoms with Gasteiger partial charge in [-0.15, -0.1) is 0 Å². The van der Waals surface area contributed by atoms with Crippen molar-refractivity contribution in [2.45, 2.75) is 38.1 Å². The van der Waals surface area contributed by atoms with E-state index in [2.05, 4.69) is 15.8 Å². The van der Waals surface area contributed by atoms with Gasteiger partial charge in [0.05, 0.1) is 6.21 Å². The number of para-hydroxylation sites is 2. The standard InChI is InChI=1S/C22H27N3O3/c26-22(24-19-10-3-1-4-11-19)25-23-17-18-9-7-8-14-21(18)28-16-15-27-20-12-5-2-6-13-20/h2,5-9,12-14,17,19H,1,3-4,10-11,15-16H2,(H2,24,25,26)/b23-17+. The second-order valence-electron chi connectivity index (χ2n) is 6.73. The highest BCUT2D eigenvalue weighted by atomic mass is 16.5. The minimum absolute atomic E-state index is 0.254. The molecule has 0 spiro atoms. The summed E-state index contributed by atoms with van der Waals surface area (Å²) in [4.78, 5) is 11.9. The predicted molar refractivity (Wildman–Crippen MR) is 110 cm³/mol. The summed E-state index contributed by atoms with van der Waals surface area (Å²) in [5.74, 6) is 1.51. The molecule has 148 valence electrons. The quantitative estimate of drug-likeness (QED) is 0.411. The largest absolute Gasteiger partial charge is 0.490 e. The van der Waals surface area contributed by atoms with Crippen LogP contribution in [0.2, 0.25) is 0 Å². The number of hydrogen-bond donors (Lipinski definition) is 2. The highest BCUT2D eigenvalue weighted by Gasteiger charge is 2.15. The van der Waals surface area contributed by atoms with Gasteiger partial charge >= 0.3 is 6.03 Å². The average molecular weight is 381 g/mol. The van der Waals surface area contributed by atoms with Gasteiger partial charge in [-0.25, -0.2) is 10.2 Å². The summed E-state index contributed by atoms with van der Waals surface area (Å²) in [6.07, 6.45) is 7.27. The van der Waals surface area contributed by atoms with E-state index in [4.69, 9.17) is 9.47 Å². The fourth-order valence-corrected chi connectivity index (χ4v) is 3.17. The average Bonchev–Trinajstić information content (AvgIpc) is 2.74. The van der Waals surface area contributed by atoms with Crippen LogP contribution in [0.15, 0.2) is 59.7 Å². The summed E-state index contributed by atoms with van der Waals surface area (Å²) in [6.45, 7) is 0.854. The Balaban J connectivity index is 1.43. The van der Waals surface area contributed by atoms with E-state index in [-0.39, 0.29) is 12.1 Å². The van der Waals surface area contributed by atoms with Crippen LogP contribution < -0.4 is 20.2 Å². The normalized spacial score (nSPS) is 14.6. The third-order valence-corrected chi connectivity index (χ3v) is 4.58. The number of nitrogens with zero attached hydrogens (tertiary/aromatic N) is 1. The van der Waals surface area contributed by atoms with E-state index in [1.807, 2.05) is 54.6 Å². The van der Waals surface area contributed by atoms with E-state index in [1.54, 1.807) is 6.21 Å². The van der Waals surface area contributed by atoms with Crippen molar-refractivity contribution < 1.29 is 14.3 Å². The first kappa shape index (κ1) is 19.7. The van der Waals surface area contributed by atoms with Crippen molar-refractivity contribution in [2.24, 2.45) is 5.10 Å². The van der Waals surface area contributed by atoms with E-state index < -0.39 is 0 Å². The zero-order valence-electron chi connectivity index (χ0n) is 16.0. The monoisotopic (exact) mass is 381 g/mol. The second-order valence-corrected chi connectivity index (χ2v) is 6.73. The molecule has 28 heavy (non-hydrogen) atoms. The Labute approximate surface area is 165 Å².